The third-order valence-electron chi connectivity index (χ3n) is 6.28. The van der Waals surface area contributed by atoms with E-state index in [1.165, 1.54) is 23.9 Å². The Hall–Kier alpha value is -3.57. The number of aliphatic hydroxyl groups is 1. The molecule has 0 radical (unpaired) electrons. The predicted octanol–water partition coefficient (Wildman–Crippen LogP) is 3.12. The van der Waals surface area contributed by atoms with Crippen LogP contribution in [-0.4, -0.2) is 55.0 Å². The number of aryl methyl sites for hydroxylation is 1. The first-order chi connectivity index (χ1) is 16.8. The van der Waals surface area contributed by atoms with Crippen LogP contribution in [0.2, 0.25) is 0 Å². The molecule has 1 aliphatic rings. The number of aliphatic hydroxyl groups excluding tert-OH is 1. The van der Waals surface area contributed by atoms with E-state index in [0.29, 0.717) is 29.4 Å². The van der Waals surface area contributed by atoms with Gasteiger partial charge in [0.05, 0.1) is 23.6 Å². The van der Waals surface area contributed by atoms with Crippen LogP contribution in [0.1, 0.15) is 24.6 Å². The third kappa shape index (κ3) is 4.44. The topological polar surface area (TPSA) is 128 Å². The van der Waals surface area contributed by atoms with Gasteiger partial charge in [0.2, 0.25) is 5.91 Å². The average molecular weight is 496 g/mol. The molecule has 4 heterocycles. The number of nitrogen functional groups attached to an aromatic ring is 2. The van der Waals surface area contributed by atoms with Crippen molar-refractivity contribution < 1.29 is 14.3 Å². The highest BCUT2D eigenvalue weighted by Gasteiger charge is 2.26. The molecule has 5 N–H and O–H groups in total. The number of aromatic nitrogens is 4. The highest BCUT2D eigenvalue weighted by Crippen LogP contribution is 2.39. The van der Waals surface area contributed by atoms with Gasteiger partial charge in [-0.3, -0.25) is 9.48 Å². The maximum absolute atomic E-state index is 13.6. The summed E-state index contributed by atoms with van der Waals surface area (Å²) in [5.41, 5.74) is 16.6. The van der Waals surface area contributed by atoms with Crippen LogP contribution in [0.25, 0.3) is 16.6 Å². The monoisotopic (exact) mass is 495 g/mol. The minimum Gasteiger partial charge on any atom is -0.398 e. The summed E-state index contributed by atoms with van der Waals surface area (Å²) in [5, 5.41) is 18.4. The van der Waals surface area contributed by atoms with Crippen molar-refractivity contribution in [2.45, 2.75) is 35.6 Å². The maximum Gasteiger partial charge on any atom is 0.248 e. The standard InChI is InChI=1S/C24H26FN7O2S/c1-14-18(12-31(29-14)17-3-2-6-30(11-17)23(34)13-33)15-7-22(24-20(27)9-28-32(24)10-15)35-21-5-4-16(25)8-19(21)26/h4-5,7-10,12,17,33H,2-3,6,11,13,26-27H2,1H3/t17-/m0/s1. The molecule has 1 amide bonds. The van der Waals surface area contributed by atoms with Gasteiger partial charge in [-0.25, -0.2) is 8.91 Å². The largest absolute Gasteiger partial charge is 0.398 e. The van der Waals surface area contributed by atoms with Crippen molar-refractivity contribution in [2.24, 2.45) is 0 Å². The Morgan fingerprint density at radius 3 is 2.83 bits per heavy atom. The summed E-state index contributed by atoms with van der Waals surface area (Å²) in [6.07, 6.45) is 7.24. The molecule has 5 rings (SSSR count). The van der Waals surface area contributed by atoms with E-state index in [1.807, 2.05) is 30.1 Å². The van der Waals surface area contributed by atoms with Crippen molar-refractivity contribution in [3.05, 3.63) is 54.4 Å². The molecule has 1 aromatic carbocycles. The number of nitrogens with two attached hydrogens (primary N) is 2. The number of fused-ring (bicyclic) bond motifs is 1. The molecule has 11 heteroatoms. The summed E-state index contributed by atoms with van der Waals surface area (Å²) in [7, 11) is 0. The van der Waals surface area contributed by atoms with Crippen molar-refractivity contribution in [2.75, 3.05) is 31.2 Å². The van der Waals surface area contributed by atoms with Crippen LogP contribution in [0.3, 0.4) is 0 Å². The van der Waals surface area contributed by atoms with Crippen LogP contribution in [0.4, 0.5) is 15.8 Å². The molecule has 1 atom stereocenters. The molecular formula is C24H26FN7O2S. The SMILES string of the molecule is Cc1nn([C@H]2CCCN(C(=O)CO)C2)cc1-c1cc(Sc2ccc(F)cc2N)c2c(N)cnn2c1. The molecule has 4 aromatic rings. The minimum atomic E-state index is -0.484. The van der Waals surface area contributed by atoms with Gasteiger partial charge in [0.15, 0.2) is 0 Å². The fourth-order valence-electron chi connectivity index (χ4n) is 4.51. The number of pyridine rings is 1. The number of carbonyl (C=O) groups is 1. The minimum absolute atomic E-state index is 0.0311. The van der Waals surface area contributed by atoms with Gasteiger partial charge in [-0.05, 0) is 44.0 Å². The molecule has 0 aliphatic carbocycles. The van der Waals surface area contributed by atoms with E-state index in [4.69, 9.17) is 16.6 Å². The Morgan fingerprint density at radius 2 is 2.06 bits per heavy atom. The Bertz CT molecular complexity index is 1420. The van der Waals surface area contributed by atoms with E-state index in [0.717, 1.165) is 40.1 Å². The average Bonchev–Trinajstić information content (AvgIpc) is 3.43. The number of carbonyl (C=O) groups excluding carboxylic acids is 1. The number of benzene rings is 1. The van der Waals surface area contributed by atoms with E-state index >= 15 is 0 Å². The second-order valence-corrected chi connectivity index (χ2v) is 9.76. The highest BCUT2D eigenvalue weighted by molar-refractivity contribution is 7.99. The summed E-state index contributed by atoms with van der Waals surface area (Å²) in [4.78, 5) is 15.2. The Labute approximate surface area is 205 Å². The van der Waals surface area contributed by atoms with Gasteiger partial charge in [0.25, 0.3) is 0 Å². The molecule has 0 saturated carbocycles. The number of rotatable bonds is 5. The van der Waals surface area contributed by atoms with Gasteiger partial charge < -0.3 is 21.5 Å². The summed E-state index contributed by atoms with van der Waals surface area (Å²) in [6.45, 7) is 2.62. The number of hydrogen-bond donors (Lipinski definition) is 3. The molecule has 1 fully saturated rings. The molecular weight excluding hydrogens is 469 g/mol. The van der Waals surface area contributed by atoms with Crippen LogP contribution in [0.5, 0.6) is 0 Å². The summed E-state index contributed by atoms with van der Waals surface area (Å²) in [6, 6.07) is 6.37. The molecule has 1 aliphatic heterocycles. The first-order valence-corrected chi connectivity index (χ1v) is 12.1. The normalized spacial score (nSPS) is 16.2. The second kappa shape index (κ2) is 9.23. The molecule has 0 spiro atoms. The molecule has 0 bridgehead atoms. The van der Waals surface area contributed by atoms with E-state index in [9.17, 15) is 14.3 Å². The fourth-order valence-corrected chi connectivity index (χ4v) is 5.56. The number of nitrogens with zero attached hydrogens (tertiary/aromatic N) is 5. The predicted molar refractivity (Wildman–Crippen MR) is 132 cm³/mol. The van der Waals surface area contributed by atoms with Gasteiger partial charge in [-0.2, -0.15) is 10.2 Å². The van der Waals surface area contributed by atoms with E-state index < -0.39 is 6.61 Å². The highest BCUT2D eigenvalue weighted by atomic mass is 32.2. The van der Waals surface area contributed by atoms with Crippen molar-refractivity contribution in [3.63, 3.8) is 0 Å². The molecule has 0 unspecified atom stereocenters. The smallest absolute Gasteiger partial charge is 0.248 e. The first-order valence-electron chi connectivity index (χ1n) is 11.3. The van der Waals surface area contributed by atoms with Crippen LogP contribution in [-0.2, 0) is 4.79 Å². The second-order valence-electron chi connectivity index (χ2n) is 8.67. The lowest BCUT2D eigenvalue weighted by Crippen LogP contribution is -2.42. The number of anilines is 2. The number of piperidine rings is 1. The Kier molecular flexibility index (Phi) is 6.12. The Balaban J connectivity index is 1.52. The zero-order chi connectivity index (χ0) is 24.7. The van der Waals surface area contributed by atoms with Gasteiger partial charge in [0, 0.05) is 52.1 Å². The molecule has 35 heavy (non-hydrogen) atoms. The number of amides is 1. The van der Waals surface area contributed by atoms with Crippen LogP contribution < -0.4 is 11.5 Å². The third-order valence-corrected chi connectivity index (χ3v) is 7.41. The van der Waals surface area contributed by atoms with Crippen LogP contribution in [0.15, 0.2) is 52.6 Å². The lowest BCUT2D eigenvalue weighted by atomic mass is 10.1. The van der Waals surface area contributed by atoms with Crippen molar-refractivity contribution in [1.29, 1.82) is 0 Å². The van der Waals surface area contributed by atoms with Crippen LogP contribution >= 0.6 is 11.8 Å². The van der Waals surface area contributed by atoms with Gasteiger partial charge in [-0.15, -0.1) is 0 Å². The molecule has 3 aromatic heterocycles. The molecule has 182 valence electrons. The molecule has 1 saturated heterocycles. The lowest BCUT2D eigenvalue weighted by molar-refractivity contribution is -0.135. The summed E-state index contributed by atoms with van der Waals surface area (Å²) < 4.78 is 17.2. The zero-order valence-electron chi connectivity index (χ0n) is 19.2. The first kappa shape index (κ1) is 23.2. The maximum atomic E-state index is 13.6. The Morgan fingerprint density at radius 1 is 1.23 bits per heavy atom. The molecule has 9 nitrogen and oxygen atoms in total. The van der Waals surface area contributed by atoms with Crippen molar-refractivity contribution in [1.82, 2.24) is 24.3 Å². The van der Waals surface area contributed by atoms with E-state index in [-0.39, 0.29) is 17.8 Å². The van der Waals surface area contributed by atoms with E-state index in [2.05, 4.69) is 5.10 Å². The number of halogens is 1. The number of likely N-dealkylation sites (tertiary alicyclic amines) is 1. The van der Waals surface area contributed by atoms with Gasteiger partial charge >= 0.3 is 0 Å². The summed E-state index contributed by atoms with van der Waals surface area (Å²) in [5.74, 6) is -0.651. The van der Waals surface area contributed by atoms with Crippen molar-refractivity contribution >= 4 is 34.6 Å². The quantitative estimate of drug-likeness (QED) is 0.363. The van der Waals surface area contributed by atoms with Crippen molar-refractivity contribution in [3.8, 4) is 11.1 Å². The lowest BCUT2D eigenvalue weighted by Gasteiger charge is -2.32. The van der Waals surface area contributed by atoms with Gasteiger partial charge in [0.1, 0.15) is 17.9 Å². The number of hydrogen-bond acceptors (Lipinski definition) is 7. The summed E-state index contributed by atoms with van der Waals surface area (Å²) >= 11 is 1.40. The van der Waals surface area contributed by atoms with Crippen LogP contribution in [0, 0.1) is 12.7 Å². The van der Waals surface area contributed by atoms with E-state index in [1.54, 1.807) is 21.7 Å². The fraction of sp³-hybridized carbons (Fsp3) is 0.292. The zero-order valence-corrected chi connectivity index (χ0v) is 20.0. The van der Waals surface area contributed by atoms with Gasteiger partial charge in [-0.1, -0.05) is 11.8 Å².